The van der Waals surface area contributed by atoms with Gasteiger partial charge >= 0.3 is 0 Å². The first kappa shape index (κ1) is 16.1. The lowest BCUT2D eigenvalue weighted by Gasteiger charge is -2.07. The lowest BCUT2D eigenvalue weighted by molar-refractivity contribution is 0.102. The fraction of sp³-hybridized carbons (Fsp3) is 0.0625. The van der Waals surface area contributed by atoms with E-state index in [-0.39, 0.29) is 11.5 Å². The Morgan fingerprint density at radius 3 is 2.88 bits per heavy atom. The third-order valence-electron chi connectivity index (χ3n) is 3.16. The molecule has 1 amide bonds. The van der Waals surface area contributed by atoms with Gasteiger partial charge in [-0.1, -0.05) is 0 Å². The molecule has 0 bridgehead atoms. The highest BCUT2D eigenvalue weighted by Gasteiger charge is 2.17. The number of halogens is 1. The molecule has 0 saturated carbocycles. The summed E-state index contributed by atoms with van der Waals surface area (Å²) in [6.07, 6.45) is 5.58. The lowest BCUT2D eigenvalue weighted by Crippen LogP contribution is -2.15. The van der Waals surface area contributed by atoms with Gasteiger partial charge in [-0.05, 0) is 18.2 Å². The predicted octanol–water partition coefficient (Wildman–Crippen LogP) is 2.22. The maximum atomic E-state index is 12.9. The van der Waals surface area contributed by atoms with Gasteiger partial charge in [-0.2, -0.15) is 10.4 Å². The first-order valence-electron chi connectivity index (χ1n) is 7.14. The molecule has 2 N–H and O–H groups in total. The van der Waals surface area contributed by atoms with Gasteiger partial charge in [-0.3, -0.25) is 14.5 Å². The summed E-state index contributed by atoms with van der Waals surface area (Å²) in [4.78, 5) is 20.1. The molecule has 3 aromatic rings. The number of nitrogens with one attached hydrogen (secondary N) is 2. The number of anilines is 3. The zero-order valence-corrected chi connectivity index (χ0v) is 13.1. The van der Waals surface area contributed by atoms with Crippen molar-refractivity contribution in [3.63, 3.8) is 0 Å². The van der Waals surface area contributed by atoms with Gasteiger partial charge in [0.1, 0.15) is 17.7 Å². The molecule has 25 heavy (non-hydrogen) atoms. The Morgan fingerprint density at radius 1 is 1.32 bits per heavy atom. The maximum Gasteiger partial charge on any atom is 0.279 e. The number of carbonyl (C=O) groups is 1. The monoisotopic (exact) mass is 337 g/mol. The summed E-state index contributed by atoms with van der Waals surface area (Å²) in [6.45, 7) is 0. The molecule has 3 rings (SSSR count). The second-order valence-corrected chi connectivity index (χ2v) is 5.08. The van der Waals surface area contributed by atoms with Crippen LogP contribution in [0.25, 0.3) is 0 Å². The molecule has 0 aliphatic carbocycles. The zero-order valence-electron chi connectivity index (χ0n) is 13.1. The van der Waals surface area contributed by atoms with Crippen LogP contribution >= 0.6 is 0 Å². The maximum absolute atomic E-state index is 12.9. The third kappa shape index (κ3) is 3.76. The first-order valence-corrected chi connectivity index (χ1v) is 7.14. The van der Waals surface area contributed by atoms with Crippen LogP contribution in [-0.2, 0) is 7.05 Å². The van der Waals surface area contributed by atoms with Crippen LogP contribution < -0.4 is 10.6 Å². The van der Waals surface area contributed by atoms with E-state index in [1.807, 2.05) is 6.07 Å². The number of hydrogen-bond donors (Lipinski definition) is 2. The van der Waals surface area contributed by atoms with Gasteiger partial charge in [-0.15, -0.1) is 0 Å². The highest BCUT2D eigenvalue weighted by molar-refractivity contribution is 6.06. The van der Waals surface area contributed by atoms with Crippen LogP contribution in [0.2, 0.25) is 0 Å². The van der Waals surface area contributed by atoms with E-state index in [9.17, 15) is 9.18 Å². The van der Waals surface area contributed by atoms with Gasteiger partial charge in [0.05, 0.1) is 29.3 Å². The van der Waals surface area contributed by atoms with Gasteiger partial charge < -0.3 is 10.6 Å². The number of amides is 1. The van der Waals surface area contributed by atoms with E-state index in [1.54, 1.807) is 19.3 Å². The van der Waals surface area contributed by atoms with E-state index in [0.717, 1.165) is 6.20 Å². The molecule has 0 aliphatic heterocycles. The van der Waals surface area contributed by atoms with Gasteiger partial charge in [0, 0.05) is 19.4 Å². The van der Waals surface area contributed by atoms with E-state index < -0.39 is 11.7 Å². The molecule has 9 heteroatoms. The summed E-state index contributed by atoms with van der Waals surface area (Å²) in [5, 5.41) is 18.6. The average Bonchev–Trinajstić information content (AvgIpc) is 2.97. The SMILES string of the molecule is Cn1cc(Nc2cncc(C#N)c2)c(C(=O)Nc2ccc(F)cn2)n1. The predicted molar refractivity (Wildman–Crippen MR) is 87.6 cm³/mol. The Hall–Kier alpha value is -3.80. The van der Waals surface area contributed by atoms with Crippen molar-refractivity contribution < 1.29 is 9.18 Å². The Bertz CT molecular complexity index is 959. The largest absolute Gasteiger partial charge is 0.351 e. The molecule has 0 unspecified atom stereocenters. The molecule has 3 heterocycles. The van der Waals surface area contributed by atoms with Crippen LogP contribution in [0, 0.1) is 17.1 Å². The van der Waals surface area contributed by atoms with Crippen molar-refractivity contribution in [2.24, 2.45) is 7.05 Å². The van der Waals surface area contributed by atoms with E-state index in [4.69, 9.17) is 5.26 Å². The van der Waals surface area contributed by atoms with Crippen LogP contribution in [0.3, 0.4) is 0 Å². The smallest absolute Gasteiger partial charge is 0.279 e. The molecule has 0 saturated heterocycles. The van der Waals surface area contributed by atoms with E-state index in [1.165, 1.54) is 29.2 Å². The second-order valence-electron chi connectivity index (χ2n) is 5.08. The lowest BCUT2D eigenvalue weighted by atomic mass is 10.2. The van der Waals surface area contributed by atoms with Gasteiger partial charge in [0.15, 0.2) is 5.69 Å². The van der Waals surface area contributed by atoms with Crippen LogP contribution in [-0.4, -0.2) is 25.7 Å². The summed E-state index contributed by atoms with van der Waals surface area (Å²) >= 11 is 0. The molecule has 0 fully saturated rings. The number of pyridine rings is 2. The minimum absolute atomic E-state index is 0.121. The normalized spacial score (nSPS) is 10.1. The second kappa shape index (κ2) is 6.76. The minimum atomic E-state index is -0.508. The molecular formula is C16H12FN7O. The minimum Gasteiger partial charge on any atom is -0.351 e. The summed E-state index contributed by atoms with van der Waals surface area (Å²) in [5.41, 5.74) is 1.48. The van der Waals surface area contributed by atoms with Gasteiger partial charge in [-0.25, -0.2) is 9.37 Å². The van der Waals surface area contributed by atoms with E-state index in [2.05, 4.69) is 25.7 Å². The summed E-state index contributed by atoms with van der Waals surface area (Å²) < 4.78 is 14.4. The van der Waals surface area contributed by atoms with Crippen molar-refractivity contribution in [3.05, 3.63) is 60.1 Å². The van der Waals surface area contributed by atoms with Crippen molar-refractivity contribution in [3.8, 4) is 6.07 Å². The molecule has 0 spiro atoms. The number of rotatable bonds is 4. The van der Waals surface area contributed by atoms with Crippen molar-refractivity contribution >= 4 is 23.1 Å². The van der Waals surface area contributed by atoms with Gasteiger partial charge in [0.2, 0.25) is 0 Å². The Labute approximate surface area is 142 Å². The number of hydrogen-bond acceptors (Lipinski definition) is 6. The summed E-state index contributed by atoms with van der Waals surface area (Å²) in [6, 6.07) is 6.14. The number of aromatic nitrogens is 4. The number of nitriles is 1. The molecular weight excluding hydrogens is 325 g/mol. The van der Waals surface area contributed by atoms with Crippen LogP contribution in [0.4, 0.5) is 21.6 Å². The molecule has 124 valence electrons. The zero-order chi connectivity index (χ0) is 17.8. The Morgan fingerprint density at radius 2 is 2.16 bits per heavy atom. The highest BCUT2D eigenvalue weighted by Crippen LogP contribution is 2.21. The van der Waals surface area contributed by atoms with Crippen molar-refractivity contribution in [2.75, 3.05) is 10.6 Å². The molecule has 8 nitrogen and oxygen atoms in total. The molecule has 3 aromatic heterocycles. The van der Waals surface area contributed by atoms with Gasteiger partial charge in [0.25, 0.3) is 5.91 Å². The quantitative estimate of drug-likeness (QED) is 0.755. The molecule has 0 aliphatic rings. The van der Waals surface area contributed by atoms with Crippen molar-refractivity contribution in [1.82, 2.24) is 19.7 Å². The standard InChI is InChI=1S/C16H12FN7O/c1-24-9-13(21-12-4-10(5-18)6-19-8-12)15(23-24)16(25)22-14-3-2-11(17)7-20-14/h2-4,6-9,21H,1H3,(H,20,22,25). The Balaban J connectivity index is 1.83. The van der Waals surface area contributed by atoms with Crippen molar-refractivity contribution in [2.45, 2.75) is 0 Å². The van der Waals surface area contributed by atoms with E-state index in [0.29, 0.717) is 16.9 Å². The number of nitrogens with zero attached hydrogens (tertiary/aromatic N) is 5. The molecule has 0 radical (unpaired) electrons. The average molecular weight is 337 g/mol. The third-order valence-corrected chi connectivity index (χ3v) is 3.16. The highest BCUT2D eigenvalue weighted by atomic mass is 19.1. The number of aryl methyl sites for hydroxylation is 1. The first-order chi connectivity index (χ1) is 12.0. The van der Waals surface area contributed by atoms with Crippen LogP contribution in [0.5, 0.6) is 0 Å². The fourth-order valence-electron chi connectivity index (χ4n) is 2.10. The van der Waals surface area contributed by atoms with Crippen LogP contribution in [0.1, 0.15) is 16.1 Å². The summed E-state index contributed by atoms with van der Waals surface area (Å²) in [7, 11) is 1.67. The Kier molecular flexibility index (Phi) is 4.34. The van der Waals surface area contributed by atoms with E-state index >= 15 is 0 Å². The number of carbonyl (C=O) groups excluding carboxylic acids is 1. The topological polar surface area (TPSA) is 109 Å². The fourth-order valence-corrected chi connectivity index (χ4v) is 2.10. The molecule has 0 aromatic carbocycles. The molecule has 0 atom stereocenters. The summed E-state index contributed by atoms with van der Waals surface area (Å²) in [5.74, 6) is -0.800. The van der Waals surface area contributed by atoms with Crippen LogP contribution in [0.15, 0.2) is 43.0 Å². The van der Waals surface area contributed by atoms with Crippen molar-refractivity contribution in [1.29, 1.82) is 5.26 Å².